The van der Waals surface area contributed by atoms with Crippen LogP contribution in [0.15, 0.2) is 48.5 Å². The van der Waals surface area contributed by atoms with Gasteiger partial charge >= 0.3 is 0 Å². The van der Waals surface area contributed by atoms with Crippen molar-refractivity contribution in [1.82, 2.24) is 4.90 Å². The fraction of sp³-hybridized carbons (Fsp3) is 0.364. The van der Waals surface area contributed by atoms with Crippen molar-refractivity contribution in [2.24, 2.45) is 5.41 Å². The molecule has 2 amide bonds. The van der Waals surface area contributed by atoms with Gasteiger partial charge in [-0.3, -0.25) is 9.59 Å². The van der Waals surface area contributed by atoms with Crippen LogP contribution < -0.4 is 5.32 Å². The van der Waals surface area contributed by atoms with Gasteiger partial charge in [0, 0.05) is 17.3 Å². The number of aliphatic hydroxyl groups is 1. The van der Waals surface area contributed by atoms with E-state index in [1.807, 2.05) is 48.5 Å². The Morgan fingerprint density at radius 1 is 1.14 bits per heavy atom. The van der Waals surface area contributed by atoms with Crippen LogP contribution >= 0.6 is 11.6 Å². The Hall–Kier alpha value is -2.37. The molecule has 0 bridgehead atoms. The highest BCUT2D eigenvalue weighted by Gasteiger charge is 2.53. The van der Waals surface area contributed by atoms with Gasteiger partial charge in [-0.1, -0.05) is 35.9 Å². The summed E-state index contributed by atoms with van der Waals surface area (Å²) in [5, 5.41) is 13.2. The molecule has 0 unspecified atom stereocenters. The third kappa shape index (κ3) is 3.64. The second kappa shape index (κ2) is 7.57. The standard InChI is InChI=1S/C22H23ClN2O3/c23-17-6-1-4-15(12-17)16-5-2-7-18(13-16)24-20(27)19-8-3-11-25(19)21(28)22(14-26)9-10-22/h1-2,4-7,12-13,19,26H,3,8-11,14H2,(H,24,27)/t19-/m0/s1. The average Bonchev–Trinajstić information content (AvgIpc) is 3.35. The molecule has 0 radical (unpaired) electrons. The van der Waals surface area contributed by atoms with Crippen molar-refractivity contribution in [2.75, 3.05) is 18.5 Å². The van der Waals surface area contributed by atoms with Crippen molar-refractivity contribution in [1.29, 1.82) is 0 Å². The quantitative estimate of drug-likeness (QED) is 0.806. The first-order chi connectivity index (χ1) is 13.5. The van der Waals surface area contributed by atoms with Crippen molar-refractivity contribution in [2.45, 2.75) is 31.7 Å². The van der Waals surface area contributed by atoms with E-state index in [1.54, 1.807) is 4.90 Å². The summed E-state index contributed by atoms with van der Waals surface area (Å²) in [6.07, 6.45) is 2.85. The van der Waals surface area contributed by atoms with Crippen LogP contribution in [-0.2, 0) is 9.59 Å². The molecule has 2 fully saturated rings. The van der Waals surface area contributed by atoms with Gasteiger partial charge in [0.25, 0.3) is 0 Å². The Morgan fingerprint density at radius 3 is 2.54 bits per heavy atom. The number of halogens is 1. The maximum absolute atomic E-state index is 12.9. The van der Waals surface area contributed by atoms with Gasteiger partial charge in [0.15, 0.2) is 0 Å². The number of aliphatic hydroxyl groups excluding tert-OH is 1. The number of rotatable bonds is 5. The second-order valence-electron chi connectivity index (χ2n) is 7.68. The van der Waals surface area contributed by atoms with E-state index < -0.39 is 11.5 Å². The molecule has 1 aliphatic carbocycles. The topological polar surface area (TPSA) is 69.6 Å². The van der Waals surface area contributed by atoms with Gasteiger partial charge in [-0.05, 0) is 61.1 Å². The largest absolute Gasteiger partial charge is 0.395 e. The summed E-state index contributed by atoms with van der Waals surface area (Å²) in [6.45, 7) is 0.430. The summed E-state index contributed by atoms with van der Waals surface area (Å²) < 4.78 is 0. The molecule has 0 aromatic heterocycles. The number of likely N-dealkylation sites (tertiary alicyclic amines) is 1. The monoisotopic (exact) mass is 398 g/mol. The van der Waals surface area contributed by atoms with E-state index in [-0.39, 0.29) is 18.4 Å². The van der Waals surface area contributed by atoms with E-state index in [0.29, 0.717) is 36.5 Å². The molecule has 6 heteroatoms. The SMILES string of the molecule is O=C(Nc1cccc(-c2cccc(Cl)c2)c1)[C@@H]1CCCN1C(=O)C1(CO)CC1. The molecule has 146 valence electrons. The van der Waals surface area contributed by atoms with E-state index in [4.69, 9.17) is 11.6 Å². The predicted octanol–water partition coefficient (Wildman–Crippen LogP) is 3.71. The van der Waals surface area contributed by atoms with Gasteiger partial charge in [0.1, 0.15) is 6.04 Å². The molecule has 1 aliphatic heterocycles. The summed E-state index contributed by atoms with van der Waals surface area (Å²) in [5.74, 6) is -0.261. The fourth-order valence-electron chi connectivity index (χ4n) is 3.85. The Morgan fingerprint density at radius 2 is 1.86 bits per heavy atom. The molecule has 4 rings (SSSR count). The van der Waals surface area contributed by atoms with Crippen LogP contribution in [-0.4, -0.2) is 41.0 Å². The zero-order valence-corrected chi connectivity index (χ0v) is 16.3. The van der Waals surface area contributed by atoms with Crippen LogP contribution in [0.25, 0.3) is 11.1 Å². The minimum atomic E-state index is -0.643. The molecule has 2 aromatic carbocycles. The van der Waals surface area contributed by atoms with E-state index in [0.717, 1.165) is 17.5 Å². The van der Waals surface area contributed by atoms with Crippen LogP contribution in [0.4, 0.5) is 5.69 Å². The minimum absolute atomic E-state index is 0.0830. The molecule has 2 aromatic rings. The van der Waals surface area contributed by atoms with Crippen LogP contribution in [0.2, 0.25) is 5.02 Å². The number of carbonyl (C=O) groups is 2. The molecular weight excluding hydrogens is 376 g/mol. The highest BCUT2D eigenvalue weighted by molar-refractivity contribution is 6.30. The van der Waals surface area contributed by atoms with Gasteiger partial charge in [-0.2, -0.15) is 0 Å². The number of benzene rings is 2. The normalized spacial score (nSPS) is 20.1. The first-order valence-electron chi connectivity index (χ1n) is 9.61. The Labute approximate surface area is 169 Å². The summed E-state index contributed by atoms with van der Waals surface area (Å²) in [4.78, 5) is 27.3. The van der Waals surface area contributed by atoms with Crippen LogP contribution in [0, 0.1) is 5.41 Å². The summed E-state index contributed by atoms with van der Waals surface area (Å²) in [6, 6.07) is 14.7. The van der Waals surface area contributed by atoms with E-state index in [1.165, 1.54) is 0 Å². The average molecular weight is 399 g/mol. The number of anilines is 1. The molecule has 5 nitrogen and oxygen atoms in total. The number of hydrogen-bond acceptors (Lipinski definition) is 3. The van der Waals surface area contributed by atoms with Crippen LogP contribution in [0.3, 0.4) is 0 Å². The second-order valence-corrected chi connectivity index (χ2v) is 8.11. The Balaban J connectivity index is 1.49. The van der Waals surface area contributed by atoms with Gasteiger partial charge in [0.05, 0.1) is 12.0 Å². The smallest absolute Gasteiger partial charge is 0.247 e. The number of carbonyl (C=O) groups excluding carboxylic acids is 2. The molecule has 28 heavy (non-hydrogen) atoms. The maximum Gasteiger partial charge on any atom is 0.247 e. The van der Waals surface area contributed by atoms with E-state index in [2.05, 4.69) is 5.32 Å². The Bertz CT molecular complexity index is 910. The van der Waals surface area contributed by atoms with Crippen molar-refractivity contribution in [3.05, 3.63) is 53.6 Å². The predicted molar refractivity (Wildman–Crippen MR) is 109 cm³/mol. The molecule has 1 saturated carbocycles. The summed E-state index contributed by atoms with van der Waals surface area (Å²) in [7, 11) is 0. The van der Waals surface area contributed by atoms with Crippen LogP contribution in [0.5, 0.6) is 0 Å². The third-order valence-corrected chi connectivity index (χ3v) is 5.95. The lowest BCUT2D eigenvalue weighted by Crippen LogP contribution is -2.47. The maximum atomic E-state index is 12.9. The molecule has 1 atom stereocenters. The lowest BCUT2D eigenvalue weighted by Gasteiger charge is -2.27. The molecule has 1 saturated heterocycles. The number of hydrogen-bond donors (Lipinski definition) is 2. The fourth-order valence-corrected chi connectivity index (χ4v) is 4.04. The first kappa shape index (κ1) is 19.0. The molecule has 2 N–H and O–H groups in total. The zero-order chi connectivity index (χ0) is 19.7. The molecular formula is C22H23ClN2O3. The molecule has 1 heterocycles. The zero-order valence-electron chi connectivity index (χ0n) is 15.5. The minimum Gasteiger partial charge on any atom is -0.395 e. The van der Waals surface area contributed by atoms with Gasteiger partial charge < -0.3 is 15.3 Å². The third-order valence-electron chi connectivity index (χ3n) is 5.71. The highest BCUT2D eigenvalue weighted by Crippen LogP contribution is 2.47. The number of amides is 2. The lowest BCUT2D eigenvalue weighted by molar-refractivity contribution is -0.142. The van der Waals surface area contributed by atoms with Gasteiger partial charge in [-0.15, -0.1) is 0 Å². The van der Waals surface area contributed by atoms with E-state index in [9.17, 15) is 14.7 Å². The van der Waals surface area contributed by atoms with Crippen LogP contribution in [0.1, 0.15) is 25.7 Å². The van der Waals surface area contributed by atoms with E-state index >= 15 is 0 Å². The Kier molecular flexibility index (Phi) is 5.13. The number of nitrogens with zero attached hydrogens (tertiary/aromatic N) is 1. The van der Waals surface area contributed by atoms with Gasteiger partial charge in [0.2, 0.25) is 11.8 Å². The summed E-state index contributed by atoms with van der Waals surface area (Å²) in [5.41, 5.74) is 1.97. The number of nitrogens with one attached hydrogen (secondary N) is 1. The van der Waals surface area contributed by atoms with Gasteiger partial charge in [-0.25, -0.2) is 0 Å². The van der Waals surface area contributed by atoms with Crippen molar-refractivity contribution >= 4 is 29.1 Å². The lowest BCUT2D eigenvalue weighted by atomic mass is 10.0. The van der Waals surface area contributed by atoms with Crippen molar-refractivity contribution in [3.63, 3.8) is 0 Å². The first-order valence-corrected chi connectivity index (χ1v) is 9.99. The van der Waals surface area contributed by atoms with Crippen molar-refractivity contribution < 1.29 is 14.7 Å². The summed E-state index contributed by atoms with van der Waals surface area (Å²) >= 11 is 6.08. The molecule has 0 spiro atoms. The molecule has 2 aliphatic rings. The highest BCUT2D eigenvalue weighted by atomic mass is 35.5. The van der Waals surface area contributed by atoms with Crippen molar-refractivity contribution in [3.8, 4) is 11.1 Å².